The smallest absolute Gasteiger partial charge is 0.0771 e. The number of halogens is 2. The molecule has 0 aliphatic carbocycles. The third-order valence-electron chi connectivity index (χ3n) is 3.79. The largest absolute Gasteiger partial charge is 1.00 e. The molecule has 0 bridgehead atoms. The topological polar surface area (TPSA) is 20.2 Å². The Kier molecular flexibility index (Phi) is 14.9. The van der Waals surface area contributed by atoms with Gasteiger partial charge in [-0.1, -0.05) is 36.4 Å². The van der Waals surface area contributed by atoms with E-state index in [1.165, 1.54) is 27.6 Å². The Morgan fingerprint density at radius 2 is 1.33 bits per heavy atom. The predicted molar refractivity (Wildman–Crippen MR) is 107 cm³/mol. The normalized spacial score (nSPS) is 9.19. The van der Waals surface area contributed by atoms with Crippen LogP contribution in [0.1, 0.15) is 6.42 Å². The Morgan fingerprint density at radius 3 is 1.67 bits per heavy atom. The Morgan fingerprint density at radius 1 is 0.852 bits per heavy atom. The van der Waals surface area contributed by atoms with Crippen LogP contribution in [0.25, 0.3) is 21.5 Å². The zero-order chi connectivity index (χ0) is 17.9. The quantitative estimate of drug-likeness (QED) is 0.305. The summed E-state index contributed by atoms with van der Waals surface area (Å²) in [6, 6.07) is 30.6. The molecule has 0 heterocycles. The number of hydrogen-bond donors (Lipinski definition) is 1. The maximum atomic E-state index is 8.34. The molecule has 0 saturated heterocycles. The van der Waals surface area contributed by atoms with Crippen LogP contribution in [0.15, 0.2) is 84.9 Å². The maximum absolute atomic E-state index is 8.34. The van der Waals surface area contributed by atoms with Crippen molar-refractivity contribution in [2.24, 2.45) is 0 Å². The van der Waals surface area contributed by atoms with E-state index in [0.717, 1.165) is 6.42 Å². The standard InChI is InChI=1S/C13H9.C5H5.C4H10OSi.2ClH.Zr/c1-3-7-12-10(5-1)9-11-6-2-4-8-13(11)12;1-2-4-5-3-1;1-6-4-2-3-5;;;/h1-9H;1-5H;5H,2-4H2,1H3;2*1H;/q2*-1;;;;+2/p-2. The SMILES string of the molecule is C[Si](=[Zr+2])CCCO.[Cl-].[Cl-].c1cc[cH-]c1.c1ccc2c(c1)[cH-]c1ccccc12. The minimum atomic E-state index is 0. The van der Waals surface area contributed by atoms with E-state index in [1.807, 2.05) is 30.3 Å². The first kappa shape index (κ1) is 26.3. The summed E-state index contributed by atoms with van der Waals surface area (Å²) in [6.45, 7) is 2.69. The van der Waals surface area contributed by atoms with Gasteiger partial charge >= 0.3 is 59.5 Å². The first-order chi connectivity index (χ1) is 12.2. The summed E-state index contributed by atoms with van der Waals surface area (Å²) in [5.41, 5.74) is 0.0327. The molecule has 1 N–H and O–H groups in total. The Labute approximate surface area is 189 Å². The molecule has 142 valence electrons. The van der Waals surface area contributed by atoms with Crippen LogP contribution in [0.5, 0.6) is 0 Å². The minimum absolute atomic E-state index is 0. The Hall–Kier alpha value is -0.700. The van der Waals surface area contributed by atoms with E-state index in [-0.39, 0.29) is 30.2 Å². The van der Waals surface area contributed by atoms with E-state index in [1.54, 1.807) is 23.3 Å². The molecule has 0 aliphatic rings. The molecule has 0 atom stereocenters. The zero-order valence-electron chi connectivity index (χ0n) is 15.4. The van der Waals surface area contributed by atoms with Gasteiger partial charge in [0.05, 0.1) is 0 Å². The van der Waals surface area contributed by atoms with Gasteiger partial charge in [0.15, 0.2) is 0 Å². The number of fused-ring (bicyclic) bond motifs is 3. The maximum Gasteiger partial charge on any atom is -0.0771 e. The van der Waals surface area contributed by atoms with Gasteiger partial charge in [-0.25, -0.2) is 12.1 Å². The molecule has 0 spiro atoms. The van der Waals surface area contributed by atoms with E-state index in [9.17, 15) is 0 Å². The second-order valence-corrected chi connectivity index (χ2v) is 14.2. The molecule has 0 saturated carbocycles. The average Bonchev–Trinajstić information content (AvgIpc) is 3.31. The van der Waals surface area contributed by atoms with Crippen LogP contribution in [-0.4, -0.2) is 17.1 Å². The summed E-state index contributed by atoms with van der Waals surface area (Å²) in [6.07, 6.45) is 1.02. The van der Waals surface area contributed by atoms with Gasteiger partial charge < -0.3 is 24.8 Å². The summed E-state index contributed by atoms with van der Waals surface area (Å²) in [7, 11) is 0. The average molecular weight is 495 g/mol. The second-order valence-electron chi connectivity index (χ2n) is 5.89. The molecule has 0 aromatic heterocycles. The van der Waals surface area contributed by atoms with E-state index in [2.05, 4.69) is 61.1 Å². The van der Waals surface area contributed by atoms with Crippen molar-refractivity contribution < 1.29 is 53.3 Å². The number of aliphatic hydroxyl groups excluding tert-OH is 1. The molecule has 0 aliphatic heterocycles. The van der Waals surface area contributed by atoms with E-state index < -0.39 is 0 Å². The van der Waals surface area contributed by atoms with Crippen molar-refractivity contribution in [2.45, 2.75) is 19.0 Å². The van der Waals surface area contributed by atoms with Crippen molar-refractivity contribution in [3.05, 3.63) is 84.9 Å². The van der Waals surface area contributed by atoms with Crippen LogP contribution in [-0.2, 0) is 23.3 Å². The van der Waals surface area contributed by atoms with Crippen LogP contribution in [0, 0.1) is 0 Å². The van der Waals surface area contributed by atoms with Crippen LogP contribution < -0.4 is 24.8 Å². The van der Waals surface area contributed by atoms with Gasteiger partial charge in [0.2, 0.25) is 0 Å². The minimum Gasteiger partial charge on any atom is -1.00 e. The van der Waals surface area contributed by atoms with Crippen molar-refractivity contribution in [1.82, 2.24) is 0 Å². The van der Waals surface area contributed by atoms with Crippen LogP contribution >= 0.6 is 0 Å². The van der Waals surface area contributed by atoms with Crippen molar-refractivity contribution in [2.75, 3.05) is 6.61 Å². The number of rotatable bonds is 3. The van der Waals surface area contributed by atoms with Gasteiger partial charge in [0.1, 0.15) is 0 Å². The zero-order valence-corrected chi connectivity index (χ0v) is 20.4. The summed E-state index contributed by atoms with van der Waals surface area (Å²) in [5, 5.41) is 13.7. The summed E-state index contributed by atoms with van der Waals surface area (Å²) in [5.74, 6) is 0. The van der Waals surface area contributed by atoms with Crippen LogP contribution in [0.3, 0.4) is 0 Å². The van der Waals surface area contributed by atoms with E-state index in [4.69, 9.17) is 5.11 Å². The number of benzene rings is 2. The van der Waals surface area contributed by atoms with Crippen molar-refractivity contribution in [3.63, 3.8) is 0 Å². The monoisotopic (exact) mass is 492 g/mol. The molecule has 4 rings (SSSR count). The van der Waals surface area contributed by atoms with E-state index in [0.29, 0.717) is 6.61 Å². The number of hydrogen-bond acceptors (Lipinski definition) is 1. The third-order valence-corrected chi connectivity index (χ3v) is 6.74. The molecule has 0 unspecified atom stereocenters. The molecule has 4 aromatic carbocycles. The van der Waals surface area contributed by atoms with Gasteiger partial charge in [0.25, 0.3) is 0 Å². The fourth-order valence-electron chi connectivity index (χ4n) is 2.57. The molecule has 0 fully saturated rings. The van der Waals surface area contributed by atoms with Gasteiger partial charge in [-0.3, -0.25) is 0 Å². The second kappa shape index (κ2) is 15.2. The van der Waals surface area contributed by atoms with Crippen LogP contribution in [0.2, 0.25) is 12.6 Å². The molecular formula is C22H24Cl2OSiZr-2. The molecule has 1 nitrogen and oxygen atoms in total. The molecular weight excluding hydrogens is 470 g/mol. The van der Waals surface area contributed by atoms with Gasteiger partial charge in [-0.15, -0.1) is 39.7 Å². The fourth-order valence-corrected chi connectivity index (χ4v) is 4.56. The molecule has 0 amide bonds. The Balaban J connectivity index is 0.000000416. The predicted octanol–water partition coefficient (Wildman–Crippen LogP) is -0.338. The summed E-state index contributed by atoms with van der Waals surface area (Å²) < 4.78 is 0. The van der Waals surface area contributed by atoms with Crippen LogP contribution in [0.4, 0.5) is 0 Å². The van der Waals surface area contributed by atoms with Gasteiger partial charge in [-0.05, 0) is 0 Å². The molecule has 27 heavy (non-hydrogen) atoms. The van der Waals surface area contributed by atoms with Crippen molar-refractivity contribution in [1.29, 1.82) is 0 Å². The Bertz CT molecular complexity index is 820. The third kappa shape index (κ3) is 9.36. The first-order valence-electron chi connectivity index (χ1n) is 8.57. The van der Waals surface area contributed by atoms with Gasteiger partial charge in [-0.2, -0.15) is 18.2 Å². The summed E-state index contributed by atoms with van der Waals surface area (Å²) in [4.78, 5) is 0. The van der Waals surface area contributed by atoms with Crippen molar-refractivity contribution >= 4 is 27.0 Å². The molecule has 5 heteroatoms. The van der Waals surface area contributed by atoms with Gasteiger partial charge in [0, 0.05) is 0 Å². The fraction of sp³-hybridized carbons (Fsp3) is 0.182. The molecule has 0 radical (unpaired) electrons. The van der Waals surface area contributed by atoms with E-state index >= 15 is 0 Å². The first-order valence-corrected chi connectivity index (χ1v) is 14.5. The number of aliphatic hydroxyl groups is 1. The molecule has 4 aromatic rings. The summed E-state index contributed by atoms with van der Waals surface area (Å²) >= 11 is 1.69. The van der Waals surface area contributed by atoms with Crippen molar-refractivity contribution in [3.8, 4) is 0 Å².